The Labute approximate surface area is 117 Å². The van der Waals surface area contributed by atoms with Crippen LogP contribution in [0.2, 0.25) is 20.2 Å². The van der Waals surface area contributed by atoms with E-state index in [1.165, 1.54) is 6.07 Å². The summed E-state index contributed by atoms with van der Waals surface area (Å²) in [4.78, 5) is 13.5. The molecule has 0 atom stereocenters. The van der Waals surface area contributed by atoms with Crippen LogP contribution < -0.4 is 5.56 Å². The third kappa shape index (κ3) is 2.45. The average molecular weight is 309 g/mol. The Bertz CT molecular complexity index is 636. The molecular formula is C11H5Cl4NO. The summed E-state index contributed by atoms with van der Waals surface area (Å²) in [6, 6.07) is 6.10. The van der Waals surface area contributed by atoms with Crippen LogP contribution in [0.1, 0.15) is 0 Å². The van der Waals surface area contributed by atoms with Crippen LogP contribution in [-0.2, 0) is 0 Å². The van der Waals surface area contributed by atoms with Gasteiger partial charge in [0.25, 0.3) is 0 Å². The number of rotatable bonds is 1. The predicted molar refractivity (Wildman–Crippen MR) is 72.5 cm³/mol. The van der Waals surface area contributed by atoms with Crippen molar-refractivity contribution in [2.45, 2.75) is 0 Å². The van der Waals surface area contributed by atoms with Crippen LogP contribution in [0.5, 0.6) is 0 Å². The number of hydrogen-bond donors (Lipinski definition) is 1. The fourth-order valence-electron chi connectivity index (χ4n) is 1.42. The van der Waals surface area contributed by atoms with E-state index in [-0.39, 0.29) is 10.7 Å². The number of nitrogens with one attached hydrogen (secondary N) is 1. The number of pyridine rings is 1. The Morgan fingerprint density at radius 2 is 1.53 bits per heavy atom. The van der Waals surface area contributed by atoms with E-state index in [9.17, 15) is 4.79 Å². The molecule has 0 fully saturated rings. The zero-order valence-corrected chi connectivity index (χ0v) is 11.3. The van der Waals surface area contributed by atoms with Gasteiger partial charge in [-0.1, -0.05) is 46.4 Å². The van der Waals surface area contributed by atoms with E-state index in [0.29, 0.717) is 26.2 Å². The van der Waals surface area contributed by atoms with E-state index in [4.69, 9.17) is 46.4 Å². The van der Waals surface area contributed by atoms with Gasteiger partial charge in [0.15, 0.2) is 0 Å². The van der Waals surface area contributed by atoms with Crippen molar-refractivity contribution < 1.29 is 0 Å². The first-order chi connectivity index (χ1) is 8.00. The molecule has 0 radical (unpaired) electrons. The Hall–Kier alpha value is -0.670. The fourth-order valence-corrected chi connectivity index (χ4v) is 2.40. The molecule has 0 aliphatic carbocycles. The van der Waals surface area contributed by atoms with Gasteiger partial charge in [-0.25, -0.2) is 0 Å². The molecule has 0 aliphatic heterocycles. The van der Waals surface area contributed by atoms with Crippen molar-refractivity contribution in [3.05, 3.63) is 54.8 Å². The first kappa shape index (κ1) is 12.8. The minimum atomic E-state index is -0.298. The van der Waals surface area contributed by atoms with Crippen LogP contribution in [0.4, 0.5) is 0 Å². The van der Waals surface area contributed by atoms with Crippen molar-refractivity contribution in [3.63, 3.8) is 0 Å². The van der Waals surface area contributed by atoms with Gasteiger partial charge in [-0.05, 0) is 18.2 Å². The Balaban J connectivity index is 2.76. The molecule has 2 aromatic rings. The molecule has 17 heavy (non-hydrogen) atoms. The third-order valence-corrected chi connectivity index (χ3v) is 3.60. The van der Waals surface area contributed by atoms with Crippen LogP contribution in [0, 0.1) is 0 Å². The summed E-state index contributed by atoms with van der Waals surface area (Å²) in [6.07, 6.45) is 0. The normalized spacial score (nSPS) is 10.6. The second-order valence-electron chi connectivity index (χ2n) is 3.27. The molecule has 0 saturated carbocycles. The van der Waals surface area contributed by atoms with Crippen LogP contribution in [0.15, 0.2) is 29.1 Å². The topological polar surface area (TPSA) is 32.9 Å². The van der Waals surface area contributed by atoms with Crippen LogP contribution in [0.3, 0.4) is 0 Å². The molecule has 2 nitrogen and oxygen atoms in total. The number of halogens is 4. The lowest BCUT2D eigenvalue weighted by Crippen LogP contribution is -2.03. The van der Waals surface area contributed by atoms with Crippen molar-refractivity contribution in [1.29, 1.82) is 0 Å². The number of aromatic amines is 1. The minimum Gasteiger partial charge on any atom is -0.312 e. The third-order valence-electron chi connectivity index (χ3n) is 2.18. The maximum atomic E-state index is 11.1. The quantitative estimate of drug-likeness (QED) is 0.603. The van der Waals surface area contributed by atoms with E-state index in [2.05, 4.69) is 4.98 Å². The van der Waals surface area contributed by atoms with E-state index in [1.807, 2.05) is 0 Å². The van der Waals surface area contributed by atoms with E-state index >= 15 is 0 Å². The number of hydrogen-bond acceptors (Lipinski definition) is 1. The van der Waals surface area contributed by atoms with Crippen molar-refractivity contribution in [2.75, 3.05) is 0 Å². The summed E-state index contributed by atoms with van der Waals surface area (Å²) >= 11 is 24.0. The smallest absolute Gasteiger partial charge is 0.249 e. The molecule has 88 valence electrons. The molecule has 0 saturated heterocycles. The average Bonchev–Trinajstić information content (AvgIpc) is 2.27. The lowest BCUT2D eigenvalue weighted by molar-refractivity contribution is 1.24. The number of benzene rings is 1. The fraction of sp³-hybridized carbons (Fsp3) is 0. The lowest BCUT2D eigenvalue weighted by Gasteiger charge is -2.09. The second-order valence-corrected chi connectivity index (χ2v) is 4.84. The molecule has 0 aliphatic rings. The SMILES string of the molecule is O=c1ccc(-c2c(Cl)ccc(Cl)c2Cl)c(Cl)[nH]1. The second kappa shape index (κ2) is 4.91. The summed E-state index contributed by atoms with van der Waals surface area (Å²) in [6.45, 7) is 0. The zero-order chi connectivity index (χ0) is 12.6. The number of H-pyrrole nitrogens is 1. The van der Waals surface area contributed by atoms with Gasteiger partial charge in [0, 0.05) is 17.2 Å². The highest BCUT2D eigenvalue weighted by molar-refractivity contribution is 6.46. The van der Waals surface area contributed by atoms with E-state index in [0.717, 1.165) is 0 Å². The maximum Gasteiger partial charge on any atom is 0.249 e. The molecule has 1 heterocycles. The molecule has 2 rings (SSSR count). The van der Waals surface area contributed by atoms with Crippen LogP contribution >= 0.6 is 46.4 Å². The highest BCUT2D eigenvalue weighted by Gasteiger charge is 2.14. The number of aromatic nitrogens is 1. The molecule has 0 bridgehead atoms. The van der Waals surface area contributed by atoms with Crippen molar-refractivity contribution in [2.24, 2.45) is 0 Å². The van der Waals surface area contributed by atoms with Crippen molar-refractivity contribution in [1.82, 2.24) is 4.98 Å². The largest absolute Gasteiger partial charge is 0.312 e. The Morgan fingerprint density at radius 1 is 0.882 bits per heavy atom. The van der Waals surface area contributed by atoms with Crippen LogP contribution in [-0.4, -0.2) is 4.98 Å². The van der Waals surface area contributed by atoms with Gasteiger partial charge in [-0.3, -0.25) is 4.79 Å². The highest BCUT2D eigenvalue weighted by Crippen LogP contribution is 2.40. The van der Waals surface area contributed by atoms with Gasteiger partial charge in [0.05, 0.1) is 15.1 Å². The van der Waals surface area contributed by atoms with Crippen molar-refractivity contribution in [3.8, 4) is 11.1 Å². The van der Waals surface area contributed by atoms with Gasteiger partial charge in [-0.15, -0.1) is 0 Å². The van der Waals surface area contributed by atoms with E-state index in [1.54, 1.807) is 18.2 Å². The van der Waals surface area contributed by atoms with Crippen molar-refractivity contribution >= 4 is 46.4 Å². The first-order valence-electron chi connectivity index (χ1n) is 4.53. The highest BCUT2D eigenvalue weighted by atomic mass is 35.5. The Kier molecular flexibility index (Phi) is 3.69. The lowest BCUT2D eigenvalue weighted by atomic mass is 10.1. The standard InChI is InChI=1S/C11H5Cl4NO/c12-6-2-3-7(13)10(14)9(6)5-1-4-8(17)16-11(5)15/h1-4H,(H,16,17). The molecule has 1 N–H and O–H groups in total. The summed E-state index contributed by atoms with van der Waals surface area (Å²) in [7, 11) is 0. The van der Waals surface area contributed by atoms with Gasteiger partial charge in [0.2, 0.25) is 5.56 Å². The molecule has 0 unspecified atom stereocenters. The summed E-state index contributed by atoms with van der Waals surface area (Å²) in [5, 5.41) is 1.25. The molecule has 0 amide bonds. The van der Waals surface area contributed by atoms with Gasteiger partial charge >= 0.3 is 0 Å². The maximum absolute atomic E-state index is 11.1. The molecule has 6 heteroatoms. The molecule has 1 aromatic carbocycles. The molecule has 1 aromatic heterocycles. The monoisotopic (exact) mass is 307 g/mol. The minimum absolute atomic E-state index is 0.170. The molecular weight excluding hydrogens is 304 g/mol. The summed E-state index contributed by atoms with van der Waals surface area (Å²) < 4.78 is 0. The van der Waals surface area contributed by atoms with Gasteiger partial charge < -0.3 is 4.98 Å². The van der Waals surface area contributed by atoms with Gasteiger partial charge in [0.1, 0.15) is 5.15 Å². The van der Waals surface area contributed by atoms with E-state index < -0.39 is 0 Å². The predicted octanol–water partition coefficient (Wildman–Crippen LogP) is 4.66. The summed E-state index contributed by atoms with van der Waals surface area (Å²) in [5.41, 5.74) is 0.735. The zero-order valence-electron chi connectivity index (χ0n) is 8.23. The summed E-state index contributed by atoms with van der Waals surface area (Å²) in [5.74, 6) is 0. The van der Waals surface area contributed by atoms with Gasteiger partial charge in [-0.2, -0.15) is 0 Å². The Morgan fingerprint density at radius 3 is 2.18 bits per heavy atom. The first-order valence-corrected chi connectivity index (χ1v) is 6.04. The van der Waals surface area contributed by atoms with Crippen LogP contribution in [0.25, 0.3) is 11.1 Å². The molecule has 0 spiro atoms.